The predicted octanol–water partition coefficient (Wildman–Crippen LogP) is 2.87. The van der Waals surface area contributed by atoms with Crippen LogP contribution in [0, 0.1) is 18.7 Å². The molecule has 2 aromatic rings. The summed E-state index contributed by atoms with van der Waals surface area (Å²) in [6.45, 7) is 3.70. The Hall–Kier alpha value is -2.41. The fourth-order valence-electron chi connectivity index (χ4n) is 2.44. The lowest BCUT2D eigenvalue weighted by molar-refractivity contribution is -0.123. The fraction of sp³-hybridized carbons (Fsp3) is 0.316. The Balaban J connectivity index is 1.83. The molecule has 1 amide bonds. The number of sulfonamides is 1. The van der Waals surface area contributed by atoms with Gasteiger partial charge in [0.25, 0.3) is 0 Å². The van der Waals surface area contributed by atoms with Crippen LogP contribution in [0.3, 0.4) is 0 Å². The van der Waals surface area contributed by atoms with Crippen LogP contribution < -0.4 is 10.0 Å². The third kappa shape index (κ3) is 6.15. The van der Waals surface area contributed by atoms with Gasteiger partial charge in [-0.25, -0.2) is 12.8 Å². The maximum atomic E-state index is 13.5. The van der Waals surface area contributed by atoms with Crippen molar-refractivity contribution in [2.45, 2.75) is 20.3 Å². The second-order valence-electron chi connectivity index (χ2n) is 6.28. The van der Waals surface area contributed by atoms with E-state index in [0.717, 1.165) is 5.56 Å². The Labute approximate surface area is 153 Å². The van der Waals surface area contributed by atoms with Gasteiger partial charge >= 0.3 is 0 Å². The SMILES string of the molecule is Cc1ccc(NS(=O)(=O)CC(C)C(=O)NCCc2ccccc2F)cc1. The van der Waals surface area contributed by atoms with E-state index in [1.54, 1.807) is 49.4 Å². The Kier molecular flexibility index (Phi) is 6.74. The zero-order valence-electron chi connectivity index (χ0n) is 14.8. The normalized spacial score (nSPS) is 12.4. The van der Waals surface area contributed by atoms with E-state index in [4.69, 9.17) is 0 Å². The van der Waals surface area contributed by atoms with Gasteiger partial charge in [0.1, 0.15) is 5.82 Å². The minimum atomic E-state index is -3.65. The Morgan fingerprint density at radius 2 is 1.77 bits per heavy atom. The van der Waals surface area contributed by atoms with Crippen molar-refractivity contribution in [1.29, 1.82) is 0 Å². The van der Waals surface area contributed by atoms with Crippen LogP contribution in [-0.2, 0) is 21.2 Å². The van der Waals surface area contributed by atoms with Gasteiger partial charge in [-0.05, 0) is 37.1 Å². The van der Waals surface area contributed by atoms with Gasteiger partial charge < -0.3 is 5.32 Å². The summed E-state index contributed by atoms with van der Waals surface area (Å²) in [5, 5.41) is 2.65. The number of carbonyl (C=O) groups is 1. The second-order valence-corrected chi connectivity index (χ2v) is 8.05. The Bertz CT molecular complexity index is 851. The Morgan fingerprint density at radius 1 is 1.12 bits per heavy atom. The molecule has 0 aliphatic rings. The number of hydrogen-bond acceptors (Lipinski definition) is 3. The van der Waals surface area contributed by atoms with Crippen LogP contribution >= 0.6 is 0 Å². The van der Waals surface area contributed by atoms with Gasteiger partial charge in [0.2, 0.25) is 15.9 Å². The summed E-state index contributed by atoms with van der Waals surface area (Å²) in [6, 6.07) is 13.3. The lowest BCUT2D eigenvalue weighted by Gasteiger charge is -2.14. The highest BCUT2D eigenvalue weighted by Gasteiger charge is 2.21. The van der Waals surface area contributed by atoms with Crippen molar-refractivity contribution in [2.24, 2.45) is 5.92 Å². The van der Waals surface area contributed by atoms with Crippen LogP contribution in [0.2, 0.25) is 0 Å². The van der Waals surface area contributed by atoms with E-state index in [2.05, 4.69) is 10.0 Å². The summed E-state index contributed by atoms with van der Waals surface area (Å²) in [5.74, 6) is -1.75. The Morgan fingerprint density at radius 3 is 2.42 bits per heavy atom. The van der Waals surface area contributed by atoms with E-state index >= 15 is 0 Å². The first-order valence-corrected chi connectivity index (χ1v) is 10.0. The van der Waals surface area contributed by atoms with Crippen molar-refractivity contribution in [2.75, 3.05) is 17.0 Å². The van der Waals surface area contributed by atoms with Crippen molar-refractivity contribution >= 4 is 21.6 Å². The maximum Gasteiger partial charge on any atom is 0.233 e. The van der Waals surface area contributed by atoms with Crippen molar-refractivity contribution in [3.63, 3.8) is 0 Å². The summed E-state index contributed by atoms with van der Waals surface area (Å²) in [6.07, 6.45) is 0.347. The number of carbonyl (C=O) groups excluding carboxylic acids is 1. The van der Waals surface area contributed by atoms with Crippen LogP contribution in [-0.4, -0.2) is 26.6 Å². The number of amides is 1. The monoisotopic (exact) mass is 378 g/mol. The zero-order valence-corrected chi connectivity index (χ0v) is 15.6. The average molecular weight is 378 g/mol. The van der Waals surface area contributed by atoms with Crippen LogP contribution in [0.1, 0.15) is 18.1 Å². The van der Waals surface area contributed by atoms with E-state index in [0.29, 0.717) is 17.7 Å². The largest absolute Gasteiger partial charge is 0.356 e. The lowest BCUT2D eigenvalue weighted by atomic mass is 10.1. The van der Waals surface area contributed by atoms with Gasteiger partial charge in [-0.3, -0.25) is 9.52 Å². The molecule has 0 spiro atoms. The summed E-state index contributed by atoms with van der Waals surface area (Å²) >= 11 is 0. The number of benzene rings is 2. The first-order chi connectivity index (χ1) is 12.3. The quantitative estimate of drug-likeness (QED) is 0.742. The fourth-order valence-corrected chi connectivity index (χ4v) is 3.83. The van der Waals surface area contributed by atoms with Crippen molar-refractivity contribution in [3.8, 4) is 0 Å². The van der Waals surface area contributed by atoms with Gasteiger partial charge in [-0.2, -0.15) is 0 Å². The molecule has 0 saturated heterocycles. The molecule has 0 aromatic heterocycles. The molecule has 26 heavy (non-hydrogen) atoms. The average Bonchev–Trinajstić information content (AvgIpc) is 2.58. The zero-order chi connectivity index (χ0) is 19.2. The van der Waals surface area contributed by atoms with E-state index < -0.39 is 15.9 Å². The van der Waals surface area contributed by atoms with Gasteiger partial charge in [0.05, 0.1) is 11.7 Å². The minimum absolute atomic E-state index is 0.246. The molecule has 0 saturated carbocycles. The number of halogens is 1. The second kappa shape index (κ2) is 8.80. The third-order valence-electron chi connectivity index (χ3n) is 3.89. The molecule has 0 bridgehead atoms. The van der Waals surface area contributed by atoms with Crippen molar-refractivity contribution in [1.82, 2.24) is 5.32 Å². The molecule has 0 aliphatic heterocycles. The molecule has 0 aliphatic carbocycles. The molecule has 7 heteroatoms. The van der Waals surface area contributed by atoms with Crippen LogP contribution in [0.4, 0.5) is 10.1 Å². The summed E-state index contributed by atoms with van der Waals surface area (Å²) in [4.78, 5) is 12.1. The maximum absolute atomic E-state index is 13.5. The summed E-state index contributed by atoms with van der Waals surface area (Å²) in [7, 11) is -3.65. The van der Waals surface area contributed by atoms with Crippen LogP contribution in [0.15, 0.2) is 48.5 Å². The number of nitrogens with one attached hydrogen (secondary N) is 2. The molecule has 1 unspecified atom stereocenters. The lowest BCUT2D eigenvalue weighted by Crippen LogP contribution is -2.35. The number of hydrogen-bond donors (Lipinski definition) is 2. The van der Waals surface area contributed by atoms with Crippen molar-refractivity contribution in [3.05, 3.63) is 65.5 Å². The molecule has 2 N–H and O–H groups in total. The smallest absolute Gasteiger partial charge is 0.233 e. The summed E-state index contributed by atoms with van der Waals surface area (Å²) < 4.78 is 40.4. The van der Waals surface area contributed by atoms with Gasteiger partial charge in [-0.1, -0.05) is 42.8 Å². The first kappa shape index (κ1) is 19.9. The molecule has 1 atom stereocenters. The molecule has 0 heterocycles. The molecule has 140 valence electrons. The van der Waals surface area contributed by atoms with E-state index in [9.17, 15) is 17.6 Å². The number of rotatable bonds is 8. The molecule has 5 nitrogen and oxygen atoms in total. The predicted molar refractivity (Wildman–Crippen MR) is 101 cm³/mol. The first-order valence-electron chi connectivity index (χ1n) is 8.35. The third-order valence-corrected chi connectivity index (χ3v) is 5.38. The molecule has 2 aromatic carbocycles. The van der Waals surface area contributed by atoms with E-state index in [1.165, 1.54) is 6.07 Å². The molecule has 0 fully saturated rings. The molecule has 0 radical (unpaired) electrons. The number of aryl methyl sites for hydroxylation is 1. The molecule has 2 rings (SSSR count). The minimum Gasteiger partial charge on any atom is -0.356 e. The topological polar surface area (TPSA) is 75.3 Å². The van der Waals surface area contributed by atoms with E-state index in [1.807, 2.05) is 6.92 Å². The van der Waals surface area contributed by atoms with E-state index in [-0.39, 0.29) is 24.0 Å². The summed E-state index contributed by atoms with van der Waals surface area (Å²) in [5.41, 5.74) is 1.99. The van der Waals surface area contributed by atoms with Gasteiger partial charge in [0.15, 0.2) is 0 Å². The van der Waals surface area contributed by atoms with Gasteiger partial charge in [0, 0.05) is 12.2 Å². The highest BCUT2D eigenvalue weighted by atomic mass is 32.2. The standard InChI is InChI=1S/C19H23FN2O3S/c1-14-7-9-17(10-8-14)22-26(24,25)13-15(2)19(23)21-12-11-16-5-3-4-6-18(16)20/h3-10,15,22H,11-13H2,1-2H3,(H,21,23). The highest BCUT2D eigenvalue weighted by molar-refractivity contribution is 7.92. The number of anilines is 1. The van der Waals surface area contributed by atoms with Crippen LogP contribution in [0.25, 0.3) is 0 Å². The van der Waals surface area contributed by atoms with Gasteiger partial charge in [-0.15, -0.1) is 0 Å². The highest BCUT2D eigenvalue weighted by Crippen LogP contribution is 2.12. The molecular weight excluding hydrogens is 355 g/mol. The molecular formula is C19H23FN2O3S. The van der Waals surface area contributed by atoms with Crippen molar-refractivity contribution < 1.29 is 17.6 Å². The van der Waals surface area contributed by atoms with Crippen LogP contribution in [0.5, 0.6) is 0 Å².